The number of piperazine rings is 1. The van der Waals surface area contributed by atoms with Crippen molar-refractivity contribution in [2.75, 3.05) is 25.5 Å². The van der Waals surface area contributed by atoms with E-state index in [1.54, 1.807) is 27.7 Å². The largest absolute Gasteiger partial charge is 0.494 e. The third-order valence-corrected chi connectivity index (χ3v) is 7.20. The van der Waals surface area contributed by atoms with Crippen LogP contribution in [0.3, 0.4) is 0 Å². The fourth-order valence-corrected chi connectivity index (χ4v) is 5.21. The van der Waals surface area contributed by atoms with Gasteiger partial charge in [0.15, 0.2) is 0 Å². The van der Waals surface area contributed by atoms with Gasteiger partial charge in [-0.3, -0.25) is 4.68 Å². The molecule has 2 atom stereocenters. The molecule has 2 aromatic carbocycles. The zero-order chi connectivity index (χ0) is 30.2. The highest BCUT2D eigenvalue weighted by atomic mass is 16.6. The molecule has 1 aliphatic rings. The molecule has 42 heavy (non-hydrogen) atoms. The van der Waals surface area contributed by atoms with Crippen LogP contribution in [0.25, 0.3) is 33.4 Å². The summed E-state index contributed by atoms with van der Waals surface area (Å²) in [5, 5.41) is 8.48. The molecule has 3 heterocycles. The van der Waals surface area contributed by atoms with E-state index in [9.17, 15) is 9.59 Å². The standard InChI is InChI=1S/C31H37N7O4/c1-19-16-38(30(40)42-31(3,4)5)20(2)15-37(19)29(39)34-25-13-22-24(14-26(25)41-7)32-18-33-28(22)23-17-36(6)35-27(23)21-11-9-8-10-12-21/h8-14,17-20H,15-16H2,1-7H3,(H,34,39)/t19-,20+/m0/s1. The van der Waals surface area contributed by atoms with Gasteiger partial charge in [-0.25, -0.2) is 19.6 Å². The van der Waals surface area contributed by atoms with E-state index in [4.69, 9.17) is 14.6 Å². The second-order valence-electron chi connectivity index (χ2n) is 11.6. The number of aromatic nitrogens is 4. The first-order valence-corrected chi connectivity index (χ1v) is 13.9. The van der Waals surface area contributed by atoms with Crippen LogP contribution in [-0.2, 0) is 11.8 Å². The van der Waals surface area contributed by atoms with Gasteiger partial charge in [0.25, 0.3) is 0 Å². The second kappa shape index (κ2) is 11.3. The number of hydrogen-bond acceptors (Lipinski definition) is 7. The van der Waals surface area contributed by atoms with Crippen LogP contribution in [0.1, 0.15) is 34.6 Å². The number of urea groups is 1. The molecule has 0 spiro atoms. The summed E-state index contributed by atoms with van der Waals surface area (Å²) in [6.45, 7) is 10.1. The fourth-order valence-electron chi connectivity index (χ4n) is 5.21. The van der Waals surface area contributed by atoms with E-state index in [0.717, 1.165) is 22.2 Å². The summed E-state index contributed by atoms with van der Waals surface area (Å²) in [5.41, 5.74) is 3.87. The highest BCUT2D eigenvalue weighted by Gasteiger charge is 2.36. The molecule has 11 nitrogen and oxygen atoms in total. The summed E-state index contributed by atoms with van der Waals surface area (Å²) in [4.78, 5) is 38.9. The summed E-state index contributed by atoms with van der Waals surface area (Å²) >= 11 is 0. The van der Waals surface area contributed by atoms with Crippen molar-refractivity contribution in [3.05, 3.63) is 55.0 Å². The summed E-state index contributed by atoms with van der Waals surface area (Å²) < 4.78 is 13.0. The average molecular weight is 572 g/mol. The number of amides is 3. The Morgan fingerprint density at radius 1 is 0.976 bits per heavy atom. The van der Waals surface area contributed by atoms with Crippen molar-refractivity contribution in [3.63, 3.8) is 0 Å². The summed E-state index contributed by atoms with van der Waals surface area (Å²) in [6.07, 6.45) is 3.07. The molecule has 0 aliphatic carbocycles. The van der Waals surface area contributed by atoms with Gasteiger partial charge in [-0.05, 0) is 40.7 Å². The SMILES string of the molecule is COc1cc2ncnc(-c3cn(C)nc3-c3ccccc3)c2cc1NC(=O)N1C[C@@H](C)N(C(=O)OC(C)(C)C)C[C@@H]1C. The van der Waals surface area contributed by atoms with Crippen molar-refractivity contribution in [3.8, 4) is 28.3 Å². The molecule has 1 N–H and O–H groups in total. The van der Waals surface area contributed by atoms with Crippen molar-refractivity contribution < 1.29 is 19.1 Å². The molecule has 1 aliphatic heterocycles. The van der Waals surface area contributed by atoms with Gasteiger partial charge in [0.1, 0.15) is 23.4 Å². The lowest BCUT2D eigenvalue weighted by Gasteiger charge is -2.44. The predicted octanol–water partition coefficient (Wildman–Crippen LogP) is 5.57. The maximum absolute atomic E-state index is 13.6. The summed E-state index contributed by atoms with van der Waals surface area (Å²) in [5.74, 6) is 0.475. The highest BCUT2D eigenvalue weighted by molar-refractivity contribution is 6.01. The Morgan fingerprint density at radius 3 is 2.36 bits per heavy atom. The van der Waals surface area contributed by atoms with Crippen molar-refractivity contribution in [2.45, 2.75) is 52.3 Å². The molecule has 5 rings (SSSR count). The van der Waals surface area contributed by atoms with Crippen molar-refractivity contribution >= 4 is 28.7 Å². The van der Waals surface area contributed by atoms with Crippen LogP contribution >= 0.6 is 0 Å². The number of benzene rings is 2. The minimum absolute atomic E-state index is 0.220. The van der Waals surface area contributed by atoms with Crippen LogP contribution in [0.4, 0.5) is 15.3 Å². The first-order chi connectivity index (χ1) is 19.9. The van der Waals surface area contributed by atoms with Gasteiger partial charge in [0.2, 0.25) is 0 Å². The van der Waals surface area contributed by atoms with Gasteiger partial charge in [-0.1, -0.05) is 30.3 Å². The van der Waals surface area contributed by atoms with Gasteiger partial charge in [0.05, 0.1) is 24.0 Å². The Hall–Kier alpha value is -4.67. The zero-order valence-electron chi connectivity index (χ0n) is 25.1. The maximum Gasteiger partial charge on any atom is 0.410 e. The third-order valence-electron chi connectivity index (χ3n) is 7.20. The minimum atomic E-state index is -0.596. The number of aryl methyl sites for hydroxylation is 1. The van der Waals surface area contributed by atoms with E-state index in [1.807, 2.05) is 84.3 Å². The van der Waals surface area contributed by atoms with E-state index in [2.05, 4.69) is 15.3 Å². The Kier molecular flexibility index (Phi) is 7.77. The van der Waals surface area contributed by atoms with Crippen molar-refractivity contribution in [1.82, 2.24) is 29.5 Å². The van der Waals surface area contributed by atoms with Crippen LogP contribution < -0.4 is 10.1 Å². The number of anilines is 1. The number of rotatable bonds is 4. The monoisotopic (exact) mass is 571 g/mol. The molecule has 3 amide bonds. The fraction of sp³-hybridized carbons (Fsp3) is 0.387. The van der Waals surface area contributed by atoms with Gasteiger partial charge in [-0.2, -0.15) is 5.10 Å². The number of nitrogens with one attached hydrogen (secondary N) is 1. The van der Waals surface area contributed by atoms with E-state index in [-0.39, 0.29) is 24.2 Å². The molecule has 11 heteroatoms. The maximum atomic E-state index is 13.6. The molecule has 0 bridgehead atoms. The number of fused-ring (bicyclic) bond motifs is 1. The summed E-state index contributed by atoms with van der Waals surface area (Å²) in [6, 6.07) is 12.8. The molecule has 1 fully saturated rings. The highest BCUT2D eigenvalue weighted by Crippen LogP contribution is 2.37. The molecule has 2 aromatic heterocycles. The molecule has 220 valence electrons. The third kappa shape index (κ3) is 5.86. The Labute approximate surface area is 245 Å². The number of hydrogen-bond donors (Lipinski definition) is 1. The summed E-state index contributed by atoms with van der Waals surface area (Å²) in [7, 11) is 3.43. The number of ether oxygens (including phenoxy) is 2. The number of carbonyl (C=O) groups excluding carboxylic acids is 2. The first-order valence-electron chi connectivity index (χ1n) is 13.9. The average Bonchev–Trinajstić information content (AvgIpc) is 3.34. The lowest BCUT2D eigenvalue weighted by atomic mass is 10.0. The number of carbonyl (C=O) groups is 2. The first kappa shape index (κ1) is 28.8. The van der Waals surface area contributed by atoms with Crippen LogP contribution in [0, 0.1) is 0 Å². The Balaban J connectivity index is 1.45. The molecular formula is C31H37N7O4. The normalized spacial score (nSPS) is 17.3. The predicted molar refractivity (Wildman–Crippen MR) is 161 cm³/mol. The zero-order valence-corrected chi connectivity index (χ0v) is 25.1. The smallest absolute Gasteiger partial charge is 0.410 e. The number of methoxy groups -OCH3 is 1. The van der Waals surface area contributed by atoms with Crippen LogP contribution in [0.2, 0.25) is 0 Å². The quantitative estimate of drug-likeness (QED) is 0.341. The Morgan fingerprint density at radius 2 is 1.67 bits per heavy atom. The van der Waals surface area contributed by atoms with E-state index in [0.29, 0.717) is 35.7 Å². The van der Waals surface area contributed by atoms with Crippen molar-refractivity contribution in [2.24, 2.45) is 7.05 Å². The second-order valence-corrected chi connectivity index (χ2v) is 11.6. The lowest BCUT2D eigenvalue weighted by molar-refractivity contribution is -0.00241. The van der Waals surface area contributed by atoms with Gasteiger partial charge in [-0.15, -0.1) is 0 Å². The van der Waals surface area contributed by atoms with Crippen LogP contribution in [-0.4, -0.2) is 79.6 Å². The molecule has 0 radical (unpaired) electrons. The van der Waals surface area contributed by atoms with Crippen LogP contribution in [0.15, 0.2) is 55.0 Å². The van der Waals surface area contributed by atoms with Crippen LogP contribution in [0.5, 0.6) is 5.75 Å². The van der Waals surface area contributed by atoms with Gasteiger partial charge in [0, 0.05) is 61.0 Å². The van der Waals surface area contributed by atoms with Gasteiger partial charge >= 0.3 is 12.1 Å². The number of nitrogens with zero attached hydrogens (tertiary/aromatic N) is 6. The lowest BCUT2D eigenvalue weighted by Crippen LogP contribution is -2.60. The topological polar surface area (TPSA) is 115 Å². The van der Waals surface area contributed by atoms with E-state index >= 15 is 0 Å². The Bertz CT molecular complexity index is 1610. The molecule has 0 unspecified atom stereocenters. The minimum Gasteiger partial charge on any atom is -0.494 e. The molecule has 1 saturated heterocycles. The van der Waals surface area contributed by atoms with E-state index < -0.39 is 5.60 Å². The molecular weight excluding hydrogens is 534 g/mol. The van der Waals surface area contributed by atoms with Crippen molar-refractivity contribution in [1.29, 1.82) is 0 Å². The van der Waals surface area contributed by atoms with Gasteiger partial charge < -0.3 is 24.6 Å². The molecule has 0 saturated carbocycles. The molecule has 4 aromatic rings. The van der Waals surface area contributed by atoms with E-state index in [1.165, 1.54) is 6.33 Å².